The second kappa shape index (κ2) is 5.28. The zero-order valence-corrected chi connectivity index (χ0v) is 11.5. The molecule has 0 N–H and O–H groups in total. The van der Waals surface area contributed by atoms with E-state index in [4.69, 9.17) is 16.0 Å². The molecule has 0 spiro atoms. The smallest absolute Gasteiger partial charge is 0.318 e. The van der Waals surface area contributed by atoms with Gasteiger partial charge in [-0.1, -0.05) is 5.10 Å². The number of rotatable bonds is 6. The van der Waals surface area contributed by atoms with Crippen LogP contribution in [0.4, 0.5) is 6.01 Å². The Morgan fingerprint density at radius 3 is 3.00 bits per heavy atom. The van der Waals surface area contributed by atoms with Gasteiger partial charge in [0.1, 0.15) is 0 Å². The first-order valence-corrected chi connectivity index (χ1v) is 7.50. The van der Waals surface area contributed by atoms with Crippen LogP contribution in [0.25, 0.3) is 0 Å². The van der Waals surface area contributed by atoms with Gasteiger partial charge in [-0.25, -0.2) is 0 Å². The fraction of sp³-hybridized carbons (Fsp3) is 0.500. The molecule has 1 saturated carbocycles. The first kappa shape index (κ1) is 12.0. The Balaban J connectivity index is 1.76. The Morgan fingerprint density at radius 1 is 1.44 bits per heavy atom. The number of thiophene rings is 1. The van der Waals surface area contributed by atoms with Crippen molar-refractivity contribution in [3.05, 3.63) is 28.3 Å². The predicted octanol–water partition coefficient (Wildman–Crippen LogP) is 3.08. The summed E-state index contributed by atoms with van der Waals surface area (Å²) < 4.78 is 5.66. The first-order chi connectivity index (χ1) is 8.86. The molecular formula is C12H14ClN3OS. The summed E-state index contributed by atoms with van der Waals surface area (Å²) >= 11 is 7.39. The minimum atomic E-state index is 0.510. The van der Waals surface area contributed by atoms with Crippen LogP contribution in [0.5, 0.6) is 0 Å². The lowest BCUT2D eigenvalue weighted by Crippen LogP contribution is -2.25. The van der Waals surface area contributed by atoms with Crippen molar-refractivity contribution < 1.29 is 4.42 Å². The Hall–Kier alpha value is -1.07. The average Bonchev–Trinajstić information content (AvgIpc) is 2.89. The fourth-order valence-corrected chi connectivity index (χ4v) is 2.68. The molecule has 4 nitrogen and oxygen atoms in total. The predicted molar refractivity (Wildman–Crippen MR) is 72.2 cm³/mol. The normalized spacial score (nSPS) is 14.9. The molecule has 0 amide bonds. The number of aryl methyl sites for hydroxylation is 1. The molecule has 2 aromatic rings. The van der Waals surface area contributed by atoms with Crippen LogP contribution in [0.2, 0.25) is 0 Å². The van der Waals surface area contributed by atoms with Crippen molar-refractivity contribution in [2.45, 2.75) is 31.8 Å². The van der Waals surface area contributed by atoms with Crippen molar-refractivity contribution in [2.24, 2.45) is 0 Å². The maximum absolute atomic E-state index is 5.67. The molecular weight excluding hydrogens is 270 g/mol. The number of alkyl halides is 1. The van der Waals surface area contributed by atoms with Gasteiger partial charge in [-0.2, -0.15) is 11.3 Å². The minimum absolute atomic E-state index is 0.510. The molecule has 0 unspecified atom stereocenters. The van der Waals surface area contributed by atoms with E-state index in [-0.39, 0.29) is 0 Å². The van der Waals surface area contributed by atoms with Crippen LogP contribution < -0.4 is 4.90 Å². The molecule has 0 bridgehead atoms. The van der Waals surface area contributed by atoms with Gasteiger partial charge in [0.05, 0.1) is 0 Å². The van der Waals surface area contributed by atoms with Gasteiger partial charge >= 0.3 is 6.01 Å². The van der Waals surface area contributed by atoms with Gasteiger partial charge in [0.15, 0.2) is 0 Å². The van der Waals surface area contributed by atoms with Crippen LogP contribution in [0.3, 0.4) is 0 Å². The molecule has 2 heterocycles. The van der Waals surface area contributed by atoms with Crippen molar-refractivity contribution in [1.82, 2.24) is 10.2 Å². The maximum Gasteiger partial charge on any atom is 0.318 e. The molecule has 0 aliphatic heterocycles. The summed E-state index contributed by atoms with van der Waals surface area (Å²) in [6.07, 6.45) is 3.04. The molecule has 1 aliphatic rings. The highest BCUT2D eigenvalue weighted by Crippen LogP contribution is 2.32. The van der Waals surface area contributed by atoms with Crippen LogP contribution in [-0.4, -0.2) is 22.1 Å². The van der Waals surface area contributed by atoms with Crippen LogP contribution in [0.15, 0.2) is 21.2 Å². The summed E-state index contributed by atoms with van der Waals surface area (Å²) in [5.74, 6) is 1.13. The summed E-state index contributed by atoms with van der Waals surface area (Å²) in [5, 5.41) is 12.4. The summed E-state index contributed by atoms with van der Waals surface area (Å²) in [5.41, 5.74) is 1.30. The van der Waals surface area contributed by atoms with Crippen molar-refractivity contribution in [3.63, 3.8) is 0 Å². The molecule has 1 aliphatic carbocycles. The van der Waals surface area contributed by atoms with E-state index < -0.39 is 0 Å². The highest BCUT2D eigenvalue weighted by molar-refractivity contribution is 7.07. The van der Waals surface area contributed by atoms with Crippen LogP contribution in [0, 0.1) is 0 Å². The molecule has 0 aromatic carbocycles. The number of anilines is 1. The van der Waals surface area contributed by atoms with E-state index in [1.807, 2.05) is 0 Å². The van der Waals surface area contributed by atoms with E-state index in [1.165, 1.54) is 18.4 Å². The van der Waals surface area contributed by atoms with Gasteiger partial charge in [-0.05, 0) is 35.2 Å². The number of halogens is 1. The standard InChI is InChI=1S/C12H14ClN3OS/c13-5-3-11-14-15-12(17-11)16(10-1-2-10)7-9-4-6-18-8-9/h4,6,8,10H,1-3,5,7H2. The largest absolute Gasteiger partial charge is 0.408 e. The summed E-state index contributed by atoms with van der Waals surface area (Å²) in [4.78, 5) is 2.20. The molecule has 18 heavy (non-hydrogen) atoms. The van der Waals surface area contributed by atoms with Crippen LogP contribution in [0.1, 0.15) is 24.3 Å². The zero-order chi connectivity index (χ0) is 12.4. The lowest BCUT2D eigenvalue weighted by molar-refractivity contribution is 0.485. The lowest BCUT2D eigenvalue weighted by atomic mass is 10.3. The van der Waals surface area contributed by atoms with Crippen molar-refractivity contribution in [1.29, 1.82) is 0 Å². The molecule has 2 aromatic heterocycles. The van der Waals surface area contributed by atoms with Gasteiger partial charge in [0, 0.05) is 24.9 Å². The monoisotopic (exact) mass is 283 g/mol. The molecule has 6 heteroatoms. The summed E-state index contributed by atoms with van der Waals surface area (Å²) in [6.45, 7) is 0.844. The molecule has 0 saturated heterocycles. The molecule has 3 rings (SSSR count). The van der Waals surface area contributed by atoms with Crippen LogP contribution in [-0.2, 0) is 13.0 Å². The van der Waals surface area contributed by atoms with E-state index in [0.29, 0.717) is 30.2 Å². The fourth-order valence-electron chi connectivity index (χ4n) is 1.86. The number of aromatic nitrogens is 2. The minimum Gasteiger partial charge on any atom is -0.408 e. The quantitative estimate of drug-likeness (QED) is 0.764. The van der Waals surface area contributed by atoms with Gasteiger partial charge < -0.3 is 9.32 Å². The second-order valence-corrected chi connectivity index (χ2v) is 5.57. The Morgan fingerprint density at radius 2 is 2.33 bits per heavy atom. The van der Waals surface area contributed by atoms with E-state index >= 15 is 0 Å². The Kier molecular flexibility index (Phi) is 3.52. The highest BCUT2D eigenvalue weighted by Gasteiger charge is 2.32. The van der Waals surface area contributed by atoms with E-state index in [1.54, 1.807) is 11.3 Å². The third-order valence-corrected chi connectivity index (χ3v) is 3.85. The van der Waals surface area contributed by atoms with E-state index in [2.05, 4.69) is 31.9 Å². The maximum atomic E-state index is 5.67. The summed E-state index contributed by atoms with van der Waals surface area (Å²) in [7, 11) is 0. The van der Waals surface area contributed by atoms with Gasteiger partial charge in [-0.15, -0.1) is 16.7 Å². The third kappa shape index (κ3) is 2.67. The second-order valence-electron chi connectivity index (χ2n) is 4.41. The number of hydrogen-bond acceptors (Lipinski definition) is 5. The van der Waals surface area contributed by atoms with E-state index in [0.717, 1.165) is 6.54 Å². The van der Waals surface area contributed by atoms with E-state index in [9.17, 15) is 0 Å². The number of hydrogen-bond donors (Lipinski definition) is 0. The molecule has 96 valence electrons. The molecule has 0 atom stereocenters. The van der Waals surface area contributed by atoms with Crippen molar-refractivity contribution in [2.75, 3.05) is 10.8 Å². The molecule has 0 radical (unpaired) electrons. The van der Waals surface area contributed by atoms with Gasteiger partial charge in [0.2, 0.25) is 5.89 Å². The SMILES string of the molecule is ClCCc1nnc(N(Cc2ccsc2)C2CC2)o1. The molecule has 1 fully saturated rings. The summed E-state index contributed by atoms with van der Waals surface area (Å²) in [6, 6.07) is 3.31. The highest BCUT2D eigenvalue weighted by atomic mass is 35.5. The van der Waals surface area contributed by atoms with Gasteiger partial charge in [0.25, 0.3) is 0 Å². The Bertz CT molecular complexity index is 495. The topological polar surface area (TPSA) is 42.2 Å². The van der Waals surface area contributed by atoms with Crippen LogP contribution >= 0.6 is 22.9 Å². The lowest BCUT2D eigenvalue weighted by Gasteiger charge is -2.18. The first-order valence-electron chi connectivity index (χ1n) is 6.03. The average molecular weight is 284 g/mol. The third-order valence-electron chi connectivity index (χ3n) is 2.93. The zero-order valence-electron chi connectivity index (χ0n) is 9.88. The van der Waals surface area contributed by atoms with Gasteiger partial charge in [-0.3, -0.25) is 0 Å². The van der Waals surface area contributed by atoms with Crippen molar-refractivity contribution in [3.8, 4) is 0 Å². The number of nitrogens with zero attached hydrogens (tertiary/aromatic N) is 3. The van der Waals surface area contributed by atoms with Crippen molar-refractivity contribution >= 4 is 29.0 Å². The Labute approximate surface area is 115 Å².